The lowest BCUT2D eigenvalue weighted by Gasteiger charge is -2.29. The van der Waals surface area contributed by atoms with E-state index in [1.807, 2.05) is 13.8 Å². The molecule has 0 aromatic carbocycles. The maximum atomic E-state index is 12.4. The first-order valence-electron chi connectivity index (χ1n) is 6.50. The van der Waals surface area contributed by atoms with Gasteiger partial charge in [-0.15, -0.1) is 16.9 Å². The number of nitrogens with zero attached hydrogens (tertiary/aromatic N) is 4. The molecule has 0 spiro atoms. The summed E-state index contributed by atoms with van der Waals surface area (Å²) in [5, 5.41) is 16.7. The Labute approximate surface area is 121 Å². The molecule has 1 fully saturated rings. The van der Waals surface area contributed by atoms with Gasteiger partial charge in [-0.25, -0.2) is 4.79 Å². The van der Waals surface area contributed by atoms with E-state index in [0.29, 0.717) is 12.3 Å². The van der Waals surface area contributed by atoms with Gasteiger partial charge in [0.2, 0.25) is 5.91 Å². The van der Waals surface area contributed by atoms with E-state index in [0.717, 1.165) is 0 Å². The highest BCUT2D eigenvalue weighted by Gasteiger charge is 2.42. The summed E-state index contributed by atoms with van der Waals surface area (Å²) in [5.41, 5.74) is 0. The molecular weight excluding hydrogens is 280 g/mol. The predicted molar refractivity (Wildman–Crippen MR) is 74.0 cm³/mol. The third-order valence-electron chi connectivity index (χ3n) is 3.20. The lowest BCUT2D eigenvalue weighted by atomic mass is 10.1. The molecule has 1 aliphatic heterocycles. The molecule has 2 unspecified atom stereocenters. The molecule has 1 saturated heterocycles. The summed E-state index contributed by atoms with van der Waals surface area (Å²) >= 11 is 1.54. The molecule has 110 valence electrons. The fraction of sp³-hybridized carbons (Fsp3) is 0.667. The molecular formula is C12H18N4O3S. The highest BCUT2D eigenvalue weighted by Crippen LogP contribution is 2.34. The number of amides is 1. The second kappa shape index (κ2) is 6.25. The van der Waals surface area contributed by atoms with Crippen molar-refractivity contribution in [2.45, 2.75) is 38.2 Å². The zero-order valence-corrected chi connectivity index (χ0v) is 12.3. The third kappa shape index (κ3) is 3.12. The maximum Gasteiger partial charge on any atom is 0.327 e. The minimum atomic E-state index is -0.935. The molecule has 1 amide bonds. The summed E-state index contributed by atoms with van der Waals surface area (Å²) < 4.78 is 1.57. The smallest absolute Gasteiger partial charge is 0.327 e. The number of carboxylic acid groups (broad SMARTS) is 1. The van der Waals surface area contributed by atoms with Crippen molar-refractivity contribution in [1.82, 2.24) is 19.9 Å². The van der Waals surface area contributed by atoms with Crippen LogP contribution in [0.5, 0.6) is 0 Å². The van der Waals surface area contributed by atoms with Crippen LogP contribution in [0, 0.1) is 5.92 Å². The van der Waals surface area contributed by atoms with Crippen LogP contribution in [-0.2, 0) is 16.1 Å². The number of thioether (sulfide) groups is 1. The summed E-state index contributed by atoms with van der Waals surface area (Å²) in [7, 11) is 0. The summed E-state index contributed by atoms with van der Waals surface area (Å²) in [6.45, 7) is 4.41. The van der Waals surface area contributed by atoms with Crippen LogP contribution in [0.3, 0.4) is 0 Å². The first-order valence-corrected chi connectivity index (χ1v) is 7.55. The van der Waals surface area contributed by atoms with Gasteiger partial charge >= 0.3 is 5.97 Å². The Morgan fingerprint density at radius 2 is 2.25 bits per heavy atom. The SMILES string of the molecule is CC(C)C1SCC(C(=O)O)N1C(=O)CCn1ccnn1. The van der Waals surface area contributed by atoms with Gasteiger partial charge in [0.05, 0.1) is 18.1 Å². The van der Waals surface area contributed by atoms with Gasteiger partial charge in [-0.05, 0) is 5.92 Å². The standard InChI is InChI=1S/C12H18N4O3S/c1-8(2)11-16(9(7-20-11)12(18)19)10(17)3-5-15-6-4-13-14-15/h4,6,8-9,11H,3,5,7H2,1-2H3,(H,18,19). The average Bonchev–Trinajstić information content (AvgIpc) is 3.04. The Bertz CT molecular complexity index is 477. The van der Waals surface area contributed by atoms with E-state index in [4.69, 9.17) is 0 Å². The number of carbonyl (C=O) groups is 2. The van der Waals surface area contributed by atoms with E-state index in [1.54, 1.807) is 17.1 Å². The van der Waals surface area contributed by atoms with Crippen LogP contribution >= 0.6 is 11.8 Å². The van der Waals surface area contributed by atoms with Crippen molar-refractivity contribution in [3.8, 4) is 0 Å². The van der Waals surface area contributed by atoms with Gasteiger partial charge in [0.1, 0.15) is 6.04 Å². The fourth-order valence-corrected chi connectivity index (χ4v) is 3.73. The van der Waals surface area contributed by atoms with Crippen LogP contribution in [0.4, 0.5) is 0 Å². The molecule has 2 rings (SSSR count). The van der Waals surface area contributed by atoms with Crippen LogP contribution in [0.2, 0.25) is 0 Å². The quantitative estimate of drug-likeness (QED) is 0.860. The molecule has 1 aromatic heterocycles. The van der Waals surface area contributed by atoms with Crippen LogP contribution in [0.15, 0.2) is 12.4 Å². The number of carbonyl (C=O) groups excluding carboxylic acids is 1. The van der Waals surface area contributed by atoms with Crippen molar-refractivity contribution in [1.29, 1.82) is 0 Å². The predicted octanol–water partition coefficient (Wildman–Crippen LogP) is 0.679. The number of rotatable bonds is 5. The summed E-state index contributed by atoms with van der Waals surface area (Å²) in [6.07, 6.45) is 3.46. The number of aromatic nitrogens is 3. The van der Waals surface area contributed by atoms with Crippen molar-refractivity contribution in [3.63, 3.8) is 0 Å². The molecule has 0 aliphatic carbocycles. The first-order chi connectivity index (χ1) is 9.50. The minimum absolute atomic E-state index is 0.0700. The average molecular weight is 298 g/mol. The molecule has 20 heavy (non-hydrogen) atoms. The fourth-order valence-electron chi connectivity index (χ4n) is 2.24. The number of aryl methyl sites for hydroxylation is 1. The van der Waals surface area contributed by atoms with Crippen molar-refractivity contribution in [2.75, 3.05) is 5.75 Å². The second-order valence-electron chi connectivity index (χ2n) is 5.04. The second-order valence-corrected chi connectivity index (χ2v) is 6.19. The van der Waals surface area contributed by atoms with Gasteiger partial charge in [0.15, 0.2) is 0 Å². The highest BCUT2D eigenvalue weighted by molar-refractivity contribution is 8.00. The van der Waals surface area contributed by atoms with Gasteiger partial charge in [-0.2, -0.15) is 0 Å². The molecule has 8 heteroatoms. The van der Waals surface area contributed by atoms with Gasteiger partial charge < -0.3 is 10.0 Å². The molecule has 0 saturated carbocycles. The van der Waals surface area contributed by atoms with Crippen molar-refractivity contribution in [2.24, 2.45) is 5.92 Å². The van der Waals surface area contributed by atoms with E-state index in [1.165, 1.54) is 16.7 Å². The van der Waals surface area contributed by atoms with E-state index in [9.17, 15) is 14.7 Å². The van der Waals surface area contributed by atoms with E-state index in [-0.39, 0.29) is 23.6 Å². The number of carboxylic acids is 1. The summed E-state index contributed by atoms with van der Waals surface area (Å²) in [4.78, 5) is 25.2. The summed E-state index contributed by atoms with van der Waals surface area (Å²) in [5.74, 6) is -0.404. The van der Waals surface area contributed by atoms with Gasteiger partial charge in [0.25, 0.3) is 0 Å². The Morgan fingerprint density at radius 1 is 1.50 bits per heavy atom. The molecule has 2 atom stereocenters. The van der Waals surface area contributed by atoms with E-state index < -0.39 is 12.0 Å². The molecule has 1 aliphatic rings. The van der Waals surface area contributed by atoms with E-state index in [2.05, 4.69) is 10.3 Å². The minimum Gasteiger partial charge on any atom is -0.480 e. The van der Waals surface area contributed by atoms with Gasteiger partial charge in [-0.1, -0.05) is 19.1 Å². The Hall–Kier alpha value is -1.57. The summed E-state index contributed by atoms with van der Waals surface area (Å²) in [6, 6.07) is -0.726. The molecule has 7 nitrogen and oxygen atoms in total. The molecule has 1 aromatic rings. The molecule has 2 heterocycles. The Balaban J connectivity index is 2.04. The van der Waals surface area contributed by atoms with E-state index >= 15 is 0 Å². The van der Waals surface area contributed by atoms with Gasteiger partial charge in [-0.3, -0.25) is 9.48 Å². The molecule has 0 radical (unpaired) electrons. The lowest BCUT2D eigenvalue weighted by Crippen LogP contribution is -2.47. The number of hydrogen-bond acceptors (Lipinski definition) is 5. The Kier molecular flexibility index (Phi) is 4.64. The molecule has 0 bridgehead atoms. The maximum absolute atomic E-state index is 12.4. The number of hydrogen-bond donors (Lipinski definition) is 1. The zero-order valence-electron chi connectivity index (χ0n) is 11.5. The molecule has 1 N–H and O–H groups in total. The largest absolute Gasteiger partial charge is 0.480 e. The topological polar surface area (TPSA) is 88.3 Å². The monoisotopic (exact) mass is 298 g/mol. The van der Waals surface area contributed by atoms with Crippen molar-refractivity contribution < 1.29 is 14.7 Å². The van der Waals surface area contributed by atoms with Crippen LogP contribution in [0.25, 0.3) is 0 Å². The van der Waals surface area contributed by atoms with Crippen LogP contribution in [0.1, 0.15) is 20.3 Å². The van der Waals surface area contributed by atoms with Crippen molar-refractivity contribution >= 4 is 23.6 Å². The third-order valence-corrected chi connectivity index (χ3v) is 4.83. The highest BCUT2D eigenvalue weighted by atomic mass is 32.2. The van der Waals surface area contributed by atoms with Crippen molar-refractivity contribution in [3.05, 3.63) is 12.4 Å². The van der Waals surface area contributed by atoms with Crippen LogP contribution < -0.4 is 0 Å². The first kappa shape index (κ1) is 14.8. The normalized spacial score (nSPS) is 22.4. The lowest BCUT2D eigenvalue weighted by molar-refractivity contribution is -0.149. The number of aliphatic carboxylic acids is 1. The Morgan fingerprint density at radius 3 is 2.80 bits per heavy atom. The van der Waals surface area contributed by atoms with Gasteiger partial charge in [0, 0.05) is 18.4 Å². The zero-order chi connectivity index (χ0) is 14.7. The van der Waals surface area contributed by atoms with Crippen LogP contribution in [-0.4, -0.2) is 54.0 Å².